The second-order valence-electron chi connectivity index (χ2n) is 4.74. The van der Waals surface area contributed by atoms with Gasteiger partial charge >= 0.3 is 0 Å². The standard InChI is InChI=1S/C13H17N3O3S/c1-20(17,18)8-7-11(14)13-15-12(16-19-13)9-10-5-3-2-4-6-10/h2-6,11H,7-9,14H2,1H3. The van der Waals surface area contributed by atoms with E-state index < -0.39 is 15.9 Å². The summed E-state index contributed by atoms with van der Waals surface area (Å²) < 4.78 is 27.3. The zero-order valence-corrected chi connectivity index (χ0v) is 12.0. The Bertz CT molecular complexity index is 653. The first-order valence-corrected chi connectivity index (χ1v) is 8.30. The van der Waals surface area contributed by atoms with Crippen molar-refractivity contribution in [1.29, 1.82) is 0 Å². The summed E-state index contributed by atoms with van der Waals surface area (Å²) in [4.78, 5) is 4.21. The molecule has 0 aliphatic rings. The van der Waals surface area contributed by atoms with Crippen LogP contribution in [0.2, 0.25) is 0 Å². The highest BCUT2D eigenvalue weighted by molar-refractivity contribution is 7.90. The van der Waals surface area contributed by atoms with Crippen LogP contribution in [0.15, 0.2) is 34.9 Å². The third kappa shape index (κ3) is 4.43. The summed E-state index contributed by atoms with van der Waals surface area (Å²) >= 11 is 0. The van der Waals surface area contributed by atoms with E-state index in [1.165, 1.54) is 6.26 Å². The summed E-state index contributed by atoms with van der Waals surface area (Å²) in [6.45, 7) is 0. The first kappa shape index (κ1) is 14.7. The average Bonchev–Trinajstić information content (AvgIpc) is 2.85. The Morgan fingerprint density at radius 2 is 2.00 bits per heavy atom. The van der Waals surface area contributed by atoms with Crippen molar-refractivity contribution in [1.82, 2.24) is 10.1 Å². The molecule has 1 heterocycles. The van der Waals surface area contributed by atoms with Crippen molar-refractivity contribution >= 4 is 9.84 Å². The molecule has 0 amide bonds. The fraction of sp³-hybridized carbons (Fsp3) is 0.385. The Balaban J connectivity index is 1.98. The molecule has 7 heteroatoms. The Kier molecular flexibility index (Phi) is 4.51. The molecule has 2 rings (SSSR count). The molecule has 1 atom stereocenters. The van der Waals surface area contributed by atoms with E-state index in [9.17, 15) is 8.42 Å². The van der Waals surface area contributed by atoms with Gasteiger partial charge in [0.15, 0.2) is 5.82 Å². The lowest BCUT2D eigenvalue weighted by molar-refractivity contribution is 0.349. The molecule has 0 spiro atoms. The van der Waals surface area contributed by atoms with Crippen LogP contribution in [0.5, 0.6) is 0 Å². The fourth-order valence-electron chi connectivity index (χ4n) is 1.73. The minimum Gasteiger partial charge on any atom is -0.338 e. The van der Waals surface area contributed by atoms with Crippen LogP contribution in [-0.2, 0) is 16.3 Å². The number of hydrogen-bond acceptors (Lipinski definition) is 6. The van der Waals surface area contributed by atoms with Gasteiger partial charge in [-0.1, -0.05) is 35.5 Å². The Labute approximate surface area is 117 Å². The highest BCUT2D eigenvalue weighted by Crippen LogP contribution is 2.14. The Morgan fingerprint density at radius 3 is 2.65 bits per heavy atom. The van der Waals surface area contributed by atoms with Crippen molar-refractivity contribution in [3.63, 3.8) is 0 Å². The minimum absolute atomic E-state index is 0.00453. The predicted octanol–water partition coefficient (Wildman–Crippen LogP) is 1.09. The van der Waals surface area contributed by atoms with Crippen molar-refractivity contribution < 1.29 is 12.9 Å². The van der Waals surface area contributed by atoms with Crippen LogP contribution >= 0.6 is 0 Å². The number of aromatic nitrogens is 2. The molecule has 20 heavy (non-hydrogen) atoms. The van der Waals surface area contributed by atoms with E-state index in [0.29, 0.717) is 12.2 Å². The zero-order valence-electron chi connectivity index (χ0n) is 11.2. The van der Waals surface area contributed by atoms with Crippen LogP contribution in [0.25, 0.3) is 0 Å². The van der Waals surface area contributed by atoms with E-state index in [-0.39, 0.29) is 18.1 Å². The highest BCUT2D eigenvalue weighted by Gasteiger charge is 2.17. The van der Waals surface area contributed by atoms with Gasteiger partial charge in [-0.3, -0.25) is 0 Å². The molecule has 0 aliphatic heterocycles. The molecule has 0 bridgehead atoms. The molecular weight excluding hydrogens is 278 g/mol. The first-order valence-electron chi connectivity index (χ1n) is 6.24. The smallest absolute Gasteiger partial charge is 0.243 e. The molecule has 1 unspecified atom stereocenters. The maximum Gasteiger partial charge on any atom is 0.243 e. The van der Waals surface area contributed by atoms with Crippen LogP contribution < -0.4 is 5.73 Å². The molecule has 2 N–H and O–H groups in total. The molecule has 0 radical (unpaired) electrons. The van der Waals surface area contributed by atoms with E-state index >= 15 is 0 Å². The highest BCUT2D eigenvalue weighted by atomic mass is 32.2. The molecule has 0 saturated carbocycles. The quantitative estimate of drug-likeness (QED) is 0.856. The third-order valence-corrected chi connectivity index (χ3v) is 3.78. The first-order chi connectivity index (χ1) is 9.44. The third-order valence-electron chi connectivity index (χ3n) is 2.81. The van der Waals surface area contributed by atoms with E-state index in [1.807, 2.05) is 30.3 Å². The topological polar surface area (TPSA) is 99.1 Å². The van der Waals surface area contributed by atoms with Crippen LogP contribution in [0.1, 0.15) is 29.7 Å². The number of hydrogen-bond donors (Lipinski definition) is 1. The Hall–Kier alpha value is -1.73. The lowest BCUT2D eigenvalue weighted by Crippen LogP contribution is -2.16. The summed E-state index contributed by atoms with van der Waals surface area (Å²) in [6.07, 6.45) is 2.00. The van der Waals surface area contributed by atoms with Crippen molar-refractivity contribution in [2.24, 2.45) is 5.73 Å². The summed E-state index contributed by atoms with van der Waals surface area (Å²) in [7, 11) is -3.04. The van der Waals surface area contributed by atoms with E-state index in [4.69, 9.17) is 10.3 Å². The minimum atomic E-state index is -3.04. The van der Waals surface area contributed by atoms with Crippen molar-refractivity contribution in [2.45, 2.75) is 18.9 Å². The van der Waals surface area contributed by atoms with Gasteiger partial charge in [0.2, 0.25) is 5.89 Å². The van der Waals surface area contributed by atoms with E-state index in [0.717, 1.165) is 5.56 Å². The van der Waals surface area contributed by atoms with Gasteiger partial charge in [-0.25, -0.2) is 8.42 Å². The number of rotatable bonds is 6. The van der Waals surface area contributed by atoms with Gasteiger partial charge < -0.3 is 10.3 Å². The van der Waals surface area contributed by atoms with Crippen LogP contribution in [0, 0.1) is 0 Å². The number of nitrogens with zero attached hydrogens (tertiary/aromatic N) is 2. The molecule has 0 aliphatic carbocycles. The molecule has 1 aromatic heterocycles. The molecule has 0 fully saturated rings. The largest absolute Gasteiger partial charge is 0.338 e. The van der Waals surface area contributed by atoms with Crippen LogP contribution in [0.3, 0.4) is 0 Å². The Morgan fingerprint density at radius 1 is 1.30 bits per heavy atom. The molecule has 2 aromatic rings. The van der Waals surface area contributed by atoms with Gasteiger partial charge in [-0.2, -0.15) is 4.98 Å². The van der Waals surface area contributed by atoms with Gasteiger partial charge in [0.1, 0.15) is 9.84 Å². The van der Waals surface area contributed by atoms with Crippen LogP contribution in [-0.4, -0.2) is 30.6 Å². The number of sulfone groups is 1. The van der Waals surface area contributed by atoms with E-state index in [1.54, 1.807) is 0 Å². The van der Waals surface area contributed by atoms with Gasteiger partial charge in [-0.05, 0) is 12.0 Å². The normalized spacial score (nSPS) is 13.3. The van der Waals surface area contributed by atoms with Crippen molar-refractivity contribution in [3.8, 4) is 0 Å². The molecule has 6 nitrogen and oxygen atoms in total. The van der Waals surface area contributed by atoms with Gasteiger partial charge in [0.05, 0.1) is 11.8 Å². The van der Waals surface area contributed by atoms with Crippen molar-refractivity contribution in [3.05, 3.63) is 47.6 Å². The molecule has 1 aromatic carbocycles. The lowest BCUT2D eigenvalue weighted by atomic mass is 10.1. The summed E-state index contributed by atoms with van der Waals surface area (Å²) in [6, 6.07) is 9.20. The summed E-state index contributed by atoms with van der Waals surface area (Å²) in [5.74, 6) is 0.825. The maximum atomic E-state index is 11.1. The fourth-order valence-corrected chi connectivity index (χ4v) is 2.41. The summed E-state index contributed by atoms with van der Waals surface area (Å²) in [5, 5.41) is 3.86. The van der Waals surface area contributed by atoms with Gasteiger partial charge in [-0.15, -0.1) is 0 Å². The lowest BCUT2D eigenvalue weighted by Gasteiger charge is -2.04. The molecule has 108 valence electrons. The maximum absolute atomic E-state index is 11.1. The van der Waals surface area contributed by atoms with Gasteiger partial charge in [0, 0.05) is 12.7 Å². The van der Waals surface area contributed by atoms with E-state index in [2.05, 4.69) is 10.1 Å². The monoisotopic (exact) mass is 295 g/mol. The SMILES string of the molecule is CS(=O)(=O)CCC(N)c1nc(Cc2ccccc2)no1. The summed E-state index contributed by atoms with van der Waals surface area (Å²) in [5.41, 5.74) is 6.92. The average molecular weight is 295 g/mol. The van der Waals surface area contributed by atoms with Crippen LogP contribution in [0.4, 0.5) is 0 Å². The predicted molar refractivity (Wildman–Crippen MR) is 74.8 cm³/mol. The number of nitrogens with two attached hydrogens (primary N) is 1. The molecular formula is C13H17N3O3S. The second-order valence-corrected chi connectivity index (χ2v) is 7.00. The molecule has 0 saturated heterocycles. The second kappa shape index (κ2) is 6.15. The van der Waals surface area contributed by atoms with Gasteiger partial charge in [0.25, 0.3) is 0 Å². The van der Waals surface area contributed by atoms with Crippen molar-refractivity contribution in [2.75, 3.05) is 12.0 Å². The number of benzene rings is 1. The zero-order chi connectivity index (χ0) is 14.6.